The monoisotopic (exact) mass is 1030 g/mol. The summed E-state index contributed by atoms with van der Waals surface area (Å²) < 4.78 is 38.8. The van der Waals surface area contributed by atoms with Crippen LogP contribution in [0.15, 0.2) is 97.1 Å². The molecule has 1 aliphatic rings. The van der Waals surface area contributed by atoms with Crippen molar-refractivity contribution in [1.29, 1.82) is 0 Å². The lowest BCUT2D eigenvalue weighted by Crippen LogP contribution is -2.30. The molecule has 17 heteroatoms. The zero-order chi connectivity index (χ0) is 55.6. The maximum Gasteiger partial charge on any atom is 0.337 e. The summed E-state index contributed by atoms with van der Waals surface area (Å²) in [6, 6.07) is 25.7. The lowest BCUT2D eigenvalue weighted by atomic mass is 9.70. The number of rotatable bonds is 14. The molecule has 4 amide bonds. The molecule has 0 bridgehead atoms. The zero-order valence-electron chi connectivity index (χ0n) is 45.0. The molecule has 0 radical (unpaired) electrons. The van der Waals surface area contributed by atoms with Crippen molar-refractivity contribution in [2.75, 3.05) is 63.9 Å². The molecule has 1 aliphatic heterocycles. The third-order valence-electron chi connectivity index (χ3n) is 13.1. The van der Waals surface area contributed by atoms with Crippen molar-refractivity contribution in [3.8, 4) is 34.5 Å². The molecule has 0 aliphatic carbocycles. The number of carbonyl (C=O) groups excluding carboxylic acids is 6. The van der Waals surface area contributed by atoms with Gasteiger partial charge in [0.1, 0.15) is 34.5 Å². The van der Waals surface area contributed by atoms with Crippen molar-refractivity contribution in [1.82, 2.24) is 0 Å². The molecule has 1 heterocycles. The average molecular weight is 1040 g/mol. The van der Waals surface area contributed by atoms with Crippen LogP contribution in [0, 0.1) is 0 Å². The maximum absolute atomic E-state index is 14.8. The van der Waals surface area contributed by atoms with E-state index in [9.17, 15) is 28.8 Å². The summed E-state index contributed by atoms with van der Waals surface area (Å²) in [6.45, 7) is 16.4. The molecule has 0 aromatic heterocycles. The molecule has 0 spiro atoms. The molecule has 4 N–H and O–H groups in total. The van der Waals surface area contributed by atoms with Crippen molar-refractivity contribution in [2.45, 2.75) is 71.6 Å². The lowest BCUT2D eigenvalue weighted by molar-refractivity contribution is 0.0591. The first-order chi connectivity index (χ1) is 35.9. The summed E-state index contributed by atoms with van der Waals surface area (Å²) in [5.41, 5.74) is 3.85. The smallest absolute Gasteiger partial charge is 0.337 e. The van der Waals surface area contributed by atoms with Gasteiger partial charge in [0.2, 0.25) is 0 Å². The molecular formula is C59H62N4O13. The van der Waals surface area contributed by atoms with E-state index < -0.39 is 51.8 Å². The van der Waals surface area contributed by atoms with Crippen molar-refractivity contribution in [3.63, 3.8) is 0 Å². The summed E-state index contributed by atoms with van der Waals surface area (Å²) in [7, 11) is 8.18. The second-order valence-electron chi connectivity index (χ2n) is 20.5. The van der Waals surface area contributed by atoms with Crippen molar-refractivity contribution in [2.24, 2.45) is 0 Å². The highest BCUT2D eigenvalue weighted by Gasteiger charge is 2.41. The van der Waals surface area contributed by atoms with Gasteiger partial charge in [0, 0.05) is 27.7 Å². The Kier molecular flexibility index (Phi) is 15.6. The van der Waals surface area contributed by atoms with Crippen molar-refractivity contribution < 1.29 is 61.9 Å². The first-order valence-electron chi connectivity index (χ1n) is 24.1. The summed E-state index contributed by atoms with van der Waals surface area (Å²) in [5.74, 6) is -1.92. The quantitative estimate of drug-likeness (QED) is 0.0748. The van der Waals surface area contributed by atoms with Crippen LogP contribution >= 0.6 is 0 Å². The van der Waals surface area contributed by atoms with E-state index in [-0.39, 0.29) is 79.3 Å². The Morgan fingerprint density at radius 1 is 0.408 bits per heavy atom. The average Bonchev–Trinajstić information content (AvgIpc) is 3.40. The fourth-order valence-electron chi connectivity index (χ4n) is 8.57. The van der Waals surface area contributed by atoms with Gasteiger partial charge >= 0.3 is 11.9 Å². The Morgan fingerprint density at radius 3 is 0.987 bits per heavy atom. The van der Waals surface area contributed by atoms with E-state index in [1.165, 1.54) is 103 Å². The molecule has 0 atom stereocenters. The zero-order valence-corrected chi connectivity index (χ0v) is 45.0. The van der Waals surface area contributed by atoms with Crippen LogP contribution in [0.2, 0.25) is 0 Å². The van der Waals surface area contributed by atoms with Crippen molar-refractivity contribution >= 4 is 58.3 Å². The van der Waals surface area contributed by atoms with Gasteiger partial charge in [-0.05, 0) is 107 Å². The Balaban J connectivity index is 1.22. The van der Waals surface area contributed by atoms with Gasteiger partial charge in [-0.2, -0.15) is 0 Å². The SMILES string of the molecule is COC(=O)c1ccc(NC(=O)c2ccc(NC(=O)c3cc(C(C)(C)C)cc4c3Oc3c(C(=O)Nc5ccc(C(=O)Nc6ccc(C(=O)OC)cc6OC)cc5OC)cc(C(C)(C)C)cc3C4(C)C)c(OC)c2)c(OC)c1. The fourth-order valence-corrected chi connectivity index (χ4v) is 8.57. The molecule has 0 saturated heterocycles. The van der Waals surface area contributed by atoms with Crippen LogP contribution in [-0.2, 0) is 25.7 Å². The molecule has 17 nitrogen and oxygen atoms in total. The minimum absolute atomic E-state index is 0.186. The van der Waals surface area contributed by atoms with Crippen LogP contribution in [-0.4, -0.2) is 78.2 Å². The van der Waals surface area contributed by atoms with E-state index in [2.05, 4.69) is 21.3 Å². The predicted molar refractivity (Wildman–Crippen MR) is 289 cm³/mol. The molecule has 6 aromatic carbocycles. The number of hydrogen-bond acceptors (Lipinski definition) is 13. The van der Waals surface area contributed by atoms with E-state index >= 15 is 0 Å². The van der Waals surface area contributed by atoms with Crippen LogP contribution < -0.4 is 45.0 Å². The van der Waals surface area contributed by atoms with Gasteiger partial charge in [-0.15, -0.1) is 0 Å². The molecule has 6 aromatic rings. The number of benzene rings is 6. The third-order valence-corrected chi connectivity index (χ3v) is 13.1. The third kappa shape index (κ3) is 11.1. The van der Waals surface area contributed by atoms with Crippen LogP contribution in [0.1, 0.15) is 140 Å². The topological polar surface area (TPSA) is 215 Å². The molecular weight excluding hydrogens is 973 g/mol. The first-order valence-corrected chi connectivity index (χ1v) is 24.1. The van der Waals surface area contributed by atoms with Gasteiger partial charge in [-0.1, -0.05) is 67.5 Å². The fraction of sp³-hybridized carbons (Fsp3) is 0.288. The standard InChI is InChI=1S/C59H62N4O13/c1-57(2,3)35-27-37(53(66)62-43-19-15-31(23-45(43)70-9)51(64)60-41-21-17-33(55(68)74-13)25-47(41)72-11)49-39(29-35)59(7,8)40-30-36(58(4,5)6)28-38(50(40)76-49)54(67)63-44-20-16-32(24-46(44)71-10)52(65)61-42-22-18-34(56(69)75-14)26-48(42)73-12/h15-30H,1-14H3,(H,60,64)(H,61,65)(H,62,66)(H,63,67). The number of methoxy groups -OCH3 is 6. The van der Waals surface area contributed by atoms with E-state index in [0.717, 1.165) is 22.3 Å². The van der Waals surface area contributed by atoms with Gasteiger partial charge in [0.15, 0.2) is 0 Å². The van der Waals surface area contributed by atoms with Gasteiger partial charge in [0.05, 0.1) is 87.7 Å². The Bertz CT molecular complexity index is 3110. The number of carbonyl (C=O) groups is 6. The van der Waals surface area contributed by atoms with Gasteiger partial charge in [-0.25, -0.2) is 9.59 Å². The number of ether oxygens (including phenoxy) is 7. The Morgan fingerprint density at radius 2 is 0.697 bits per heavy atom. The second kappa shape index (κ2) is 21.5. The van der Waals surface area contributed by atoms with Crippen LogP contribution in [0.3, 0.4) is 0 Å². The maximum atomic E-state index is 14.8. The Labute approximate surface area is 441 Å². The second-order valence-corrected chi connectivity index (χ2v) is 20.5. The first kappa shape index (κ1) is 54.9. The largest absolute Gasteiger partial charge is 0.495 e. The number of nitrogens with one attached hydrogen (secondary N) is 4. The van der Waals surface area contributed by atoms with E-state index in [1.54, 1.807) is 24.3 Å². The number of hydrogen-bond donors (Lipinski definition) is 4. The molecule has 0 saturated carbocycles. The molecule has 0 fully saturated rings. The highest BCUT2D eigenvalue weighted by atomic mass is 16.5. The molecule has 76 heavy (non-hydrogen) atoms. The molecule has 7 rings (SSSR count). The van der Waals surface area contributed by atoms with E-state index in [0.29, 0.717) is 11.4 Å². The number of amides is 4. The van der Waals surface area contributed by atoms with Crippen LogP contribution in [0.4, 0.5) is 22.7 Å². The Hall–Kier alpha value is -8.86. The highest BCUT2D eigenvalue weighted by molar-refractivity contribution is 6.11. The highest BCUT2D eigenvalue weighted by Crippen LogP contribution is 2.53. The summed E-state index contributed by atoms with van der Waals surface area (Å²) in [4.78, 5) is 81.1. The lowest BCUT2D eigenvalue weighted by Gasteiger charge is -2.38. The predicted octanol–water partition coefficient (Wildman–Crippen LogP) is 11.3. The van der Waals surface area contributed by atoms with Crippen LogP contribution in [0.25, 0.3) is 0 Å². The minimum Gasteiger partial charge on any atom is -0.495 e. The van der Waals surface area contributed by atoms with Gasteiger partial charge < -0.3 is 54.4 Å². The van der Waals surface area contributed by atoms with Gasteiger partial charge in [0.25, 0.3) is 23.6 Å². The number of fused-ring (bicyclic) bond motifs is 2. The number of anilines is 4. The normalized spacial score (nSPS) is 12.3. The molecule has 0 unspecified atom stereocenters. The number of esters is 2. The molecule has 396 valence electrons. The summed E-state index contributed by atoms with van der Waals surface area (Å²) >= 11 is 0. The van der Waals surface area contributed by atoms with Gasteiger partial charge in [-0.3, -0.25) is 19.2 Å². The summed E-state index contributed by atoms with van der Waals surface area (Å²) in [5, 5.41) is 11.6. The van der Waals surface area contributed by atoms with E-state index in [1.807, 2.05) is 67.5 Å². The van der Waals surface area contributed by atoms with Crippen LogP contribution in [0.5, 0.6) is 34.5 Å². The summed E-state index contributed by atoms with van der Waals surface area (Å²) in [6.07, 6.45) is 0. The van der Waals surface area contributed by atoms with Crippen molar-refractivity contribution in [3.05, 3.63) is 153 Å². The van der Waals surface area contributed by atoms with E-state index in [4.69, 9.17) is 33.2 Å². The minimum atomic E-state index is -0.834.